The molecule has 0 aromatic heterocycles. The molecule has 2 N–H and O–H groups in total. The fourth-order valence-corrected chi connectivity index (χ4v) is 1.89. The molecule has 1 aromatic carbocycles. The predicted molar refractivity (Wildman–Crippen MR) is 96.0 cm³/mol. The second-order valence-corrected chi connectivity index (χ2v) is 4.86. The molecule has 0 heterocycles. The lowest BCUT2D eigenvalue weighted by Crippen LogP contribution is -2.20. The van der Waals surface area contributed by atoms with Crippen LogP contribution in [0.4, 0.5) is 0 Å². The minimum absolute atomic E-state index is 0. The molecule has 0 bridgehead atoms. The van der Waals surface area contributed by atoms with E-state index in [1.165, 1.54) is 7.11 Å². The normalized spacial score (nSPS) is 10.2. The number of carbonyl (C=O) groups is 1. The quantitative estimate of drug-likeness (QED) is 0.260. The summed E-state index contributed by atoms with van der Waals surface area (Å²) in [6, 6.07) is 3.47. The van der Waals surface area contributed by atoms with Gasteiger partial charge in [-0.1, -0.05) is 0 Å². The largest absolute Gasteiger partial charge is 0.493 e. The number of benzene rings is 1. The highest BCUT2D eigenvalue weighted by atomic mass is 31.0. The number of rotatable bonds is 11. The second-order valence-electron chi connectivity index (χ2n) is 4.86. The summed E-state index contributed by atoms with van der Waals surface area (Å²) in [4.78, 5) is 11.8. The number of carbonyl (C=O) groups excluding carboxylic acids is 1. The fraction of sp³-hybridized carbons (Fsp3) is 0.562. The first-order valence-corrected chi connectivity index (χ1v) is 7.41. The van der Waals surface area contributed by atoms with Gasteiger partial charge in [0.25, 0.3) is 0 Å². The number of hydrogen-bond donors (Lipinski definition) is 2. The van der Waals surface area contributed by atoms with Crippen LogP contribution in [0.15, 0.2) is 12.1 Å². The van der Waals surface area contributed by atoms with Crippen molar-refractivity contribution < 1.29 is 28.8 Å². The standard InChI is InChI=1S/C16H25NO6.H3P/c1-12-8-13(10-18)16(14(9-12)20-3)23-15(19)11-22-7-6-21-5-4-17-2;/h8-9,17-18H,4-7,10-11H2,1-3H3;1H3. The van der Waals surface area contributed by atoms with Gasteiger partial charge in [-0.15, -0.1) is 0 Å². The molecular weight excluding hydrogens is 333 g/mol. The molecule has 138 valence electrons. The summed E-state index contributed by atoms with van der Waals surface area (Å²) in [5, 5.41) is 12.4. The van der Waals surface area contributed by atoms with Crippen LogP contribution in [0.1, 0.15) is 11.1 Å². The summed E-state index contributed by atoms with van der Waals surface area (Å²) in [5.41, 5.74) is 1.39. The van der Waals surface area contributed by atoms with Gasteiger partial charge in [0.1, 0.15) is 6.61 Å². The van der Waals surface area contributed by atoms with Gasteiger partial charge in [0.2, 0.25) is 0 Å². The van der Waals surface area contributed by atoms with E-state index in [9.17, 15) is 9.90 Å². The first-order chi connectivity index (χ1) is 11.1. The fourth-order valence-electron chi connectivity index (χ4n) is 1.89. The third-order valence-corrected chi connectivity index (χ3v) is 2.97. The Morgan fingerprint density at radius 2 is 1.92 bits per heavy atom. The number of methoxy groups -OCH3 is 1. The Labute approximate surface area is 146 Å². The number of aliphatic hydroxyl groups is 1. The average Bonchev–Trinajstić information content (AvgIpc) is 2.55. The van der Waals surface area contributed by atoms with E-state index in [1.807, 2.05) is 14.0 Å². The molecule has 0 aliphatic rings. The van der Waals surface area contributed by atoms with Crippen LogP contribution >= 0.6 is 9.90 Å². The van der Waals surface area contributed by atoms with Crippen LogP contribution in [0.25, 0.3) is 0 Å². The summed E-state index contributed by atoms with van der Waals surface area (Å²) in [5.74, 6) is 0.0642. The van der Waals surface area contributed by atoms with E-state index in [0.29, 0.717) is 31.1 Å². The minimum Gasteiger partial charge on any atom is -0.493 e. The molecule has 1 aromatic rings. The van der Waals surface area contributed by atoms with Gasteiger partial charge in [-0.05, 0) is 31.7 Å². The van der Waals surface area contributed by atoms with Gasteiger partial charge < -0.3 is 29.4 Å². The van der Waals surface area contributed by atoms with Crippen molar-refractivity contribution in [2.75, 3.05) is 47.1 Å². The molecule has 1 unspecified atom stereocenters. The average molecular weight is 361 g/mol. The number of hydrogen-bond acceptors (Lipinski definition) is 7. The Hall–Kier alpha value is -1.24. The van der Waals surface area contributed by atoms with Crippen LogP contribution in [0.3, 0.4) is 0 Å². The summed E-state index contributed by atoms with van der Waals surface area (Å²) >= 11 is 0. The molecule has 1 atom stereocenters. The van der Waals surface area contributed by atoms with Crippen molar-refractivity contribution in [1.29, 1.82) is 0 Å². The predicted octanol–water partition coefficient (Wildman–Crippen LogP) is 0.712. The van der Waals surface area contributed by atoms with Crippen molar-refractivity contribution in [2.45, 2.75) is 13.5 Å². The van der Waals surface area contributed by atoms with Crippen LogP contribution in [0, 0.1) is 6.92 Å². The van der Waals surface area contributed by atoms with E-state index in [-0.39, 0.29) is 28.9 Å². The van der Waals surface area contributed by atoms with Gasteiger partial charge >= 0.3 is 5.97 Å². The van der Waals surface area contributed by atoms with Crippen molar-refractivity contribution in [2.24, 2.45) is 0 Å². The molecule has 0 radical (unpaired) electrons. The molecule has 0 amide bonds. The van der Waals surface area contributed by atoms with Crippen molar-refractivity contribution in [3.05, 3.63) is 23.3 Å². The van der Waals surface area contributed by atoms with Gasteiger partial charge in [0, 0.05) is 12.1 Å². The Kier molecular flexibility index (Phi) is 12.4. The highest BCUT2D eigenvalue weighted by molar-refractivity contribution is 6.92. The number of likely N-dealkylation sites (N-methyl/N-ethyl adjacent to an activating group) is 1. The van der Waals surface area contributed by atoms with Gasteiger partial charge in [0.05, 0.1) is 33.5 Å². The van der Waals surface area contributed by atoms with Crippen molar-refractivity contribution >= 4 is 15.9 Å². The Balaban J connectivity index is 0.00000529. The van der Waals surface area contributed by atoms with E-state index in [2.05, 4.69) is 5.32 Å². The van der Waals surface area contributed by atoms with Crippen molar-refractivity contribution in [3.8, 4) is 11.5 Å². The zero-order valence-corrected chi connectivity index (χ0v) is 16.0. The van der Waals surface area contributed by atoms with E-state index < -0.39 is 5.97 Å². The summed E-state index contributed by atoms with van der Waals surface area (Å²) < 4.78 is 20.9. The maximum atomic E-state index is 11.8. The van der Waals surface area contributed by atoms with E-state index >= 15 is 0 Å². The lowest BCUT2D eigenvalue weighted by molar-refractivity contribution is -0.140. The van der Waals surface area contributed by atoms with Crippen LogP contribution in [-0.2, 0) is 20.9 Å². The monoisotopic (exact) mass is 361 g/mol. The van der Waals surface area contributed by atoms with E-state index in [0.717, 1.165) is 12.1 Å². The van der Waals surface area contributed by atoms with Crippen LogP contribution in [0.5, 0.6) is 11.5 Å². The molecule has 0 spiro atoms. The molecule has 0 aliphatic heterocycles. The molecule has 0 saturated heterocycles. The number of aryl methyl sites for hydroxylation is 1. The number of aliphatic hydroxyl groups excluding tert-OH is 1. The van der Waals surface area contributed by atoms with Gasteiger partial charge in [-0.2, -0.15) is 9.90 Å². The lowest BCUT2D eigenvalue weighted by atomic mass is 10.1. The molecule has 0 fully saturated rings. The molecule has 8 heteroatoms. The maximum absolute atomic E-state index is 11.8. The van der Waals surface area contributed by atoms with Gasteiger partial charge in [-0.3, -0.25) is 0 Å². The smallest absolute Gasteiger partial charge is 0.337 e. The molecule has 7 nitrogen and oxygen atoms in total. The topological polar surface area (TPSA) is 86.3 Å². The van der Waals surface area contributed by atoms with Gasteiger partial charge in [-0.25, -0.2) is 4.79 Å². The van der Waals surface area contributed by atoms with Crippen LogP contribution in [0.2, 0.25) is 0 Å². The molecule has 0 aliphatic carbocycles. The van der Waals surface area contributed by atoms with E-state index in [1.54, 1.807) is 12.1 Å². The summed E-state index contributed by atoms with van der Waals surface area (Å²) in [6.45, 7) is 3.48. The Morgan fingerprint density at radius 1 is 1.21 bits per heavy atom. The van der Waals surface area contributed by atoms with Gasteiger partial charge in [0.15, 0.2) is 11.5 Å². The molecule has 24 heavy (non-hydrogen) atoms. The second kappa shape index (κ2) is 13.1. The zero-order valence-electron chi connectivity index (χ0n) is 14.6. The first kappa shape index (κ1) is 22.8. The number of esters is 1. The summed E-state index contributed by atoms with van der Waals surface area (Å²) in [6.07, 6.45) is 0. The van der Waals surface area contributed by atoms with Crippen molar-refractivity contribution in [3.63, 3.8) is 0 Å². The highest BCUT2D eigenvalue weighted by Crippen LogP contribution is 2.32. The lowest BCUT2D eigenvalue weighted by Gasteiger charge is -2.14. The third-order valence-electron chi connectivity index (χ3n) is 2.97. The maximum Gasteiger partial charge on any atom is 0.337 e. The SMILES string of the molecule is CNCCOCCOCC(=O)Oc1c(CO)cc(C)cc1OC.P. The molecule has 0 saturated carbocycles. The highest BCUT2D eigenvalue weighted by Gasteiger charge is 2.15. The Morgan fingerprint density at radius 3 is 2.54 bits per heavy atom. The summed E-state index contributed by atoms with van der Waals surface area (Å²) in [7, 11) is 3.32. The third kappa shape index (κ3) is 8.04. The zero-order chi connectivity index (χ0) is 17.1. The van der Waals surface area contributed by atoms with E-state index in [4.69, 9.17) is 18.9 Å². The minimum atomic E-state index is -0.558. The van der Waals surface area contributed by atoms with Crippen molar-refractivity contribution in [1.82, 2.24) is 5.32 Å². The van der Waals surface area contributed by atoms with Crippen LogP contribution in [-0.4, -0.2) is 58.2 Å². The molecular formula is C16H28NO6P. The molecule has 1 rings (SSSR count). The van der Waals surface area contributed by atoms with Crippen LogP contribution < -0.4 is 14.8 Å². The first-order valence-electron chi connectivity index (χ1n) is 7.41. The Bertz CT molecular complexity index is 472. The number of nitrogens with one attached hydrogen (secondary N) is 1. The number of ether oxygens (including phenoxy) is 4.